The molecular weight excluding hydrogens is 312 g/mol. The van der Waals surface area contributed by atoms with Crippen molar-refractivity contribution in [3.05, 3.63) is 66.3 Å². The number of rotatable bonds is 2. The molecule has 5 heteroatoms. The quantitative estimate of drug-likeness (QED) is 0.782. The first-order valence-corrected chi connectivity index (χ1v) is 8.94. The molecule has 2 aromatic rings. The third kappa shape index (κ3) is 4.95. The number of nitrogens with one attached hydrogen (secondary N) is 2. The summed E-state index contributed by atoms with van der Waals surface area (Å²) in [6.45, 7) is 3.79. The lowest BCUT2D eigenvalue weighted by molar-refractivity contribution is 0.00188. The molecule has 2 aliphatic heterocycles. The van der Waals surface area contributed by atoms with Crippen molar-refractivity contribution < 1.29 is 5.11 Å². The number of hydrogen-bond acceptors (Lipinski definition) is 5. The fourth-order valence-electron chi connectivity index (χ4n) is 3.14. The Morgan fingerprint density at radius 1 is 0.880 bits per heavy atom. The van der Waals surface area contributed by atoms with Gasteiger partial charge in [-0.3, -0.25) is 9.97 Å². The molecule has 0 aromatic carbocycles. The predicted octanol–water partition coefficient (Wildman–Crippen LogP) is 2.11. The summed E-state index contributed by atoms with van der Waals surface area (Å²) in [6.07, 6.45) is 8.39. The van der Waals surface area contributed by atoms with Crippen LogP contribution in [-0.2, 0) is 5.60 Å². The minimum Gasteiger partial charge on any atom is -0.383 e. The summed E-state index contributed by atoms with van der Waals surface area (Å²) >= 11 is 0. The zero-order valence-electron chi connectivity index (χ0n) is 14.5. The molecular formula is C20H26N4O. The van der Waals surface area contributed by atoms with Crippen molar-refractivity contribution in [3.8, 4) is 0 Å². The van der Waals surface area contributed by atoms with E-state index in [0.29, 0.717) is 0 Å². The number of pyridine rings is 2. The largest absolute Gasteiger partial charge is 0.383 e. The van der Waals surface area contributed by atoms with Gasteiger partial charge in [0, 0.05) is 18.9 Å². The number of nitrogens with zero attached hydrogens (tertiary/aromatic N) is 2. The van der Waals surface area contributed by atoms with Gasteiger partial charge in [0.15, 0.2) is 0 Å². The molecule has 0 atom stereocenters. The fourth-order valence-corrected chi connectivity index (χ4v) is 3.14. The molecule has 0 bridgehead atoms. The Balaban J connectivity index is 0.000000146. The van der Waals surface area contributed by atoms with E-state index in [4.69, 9.17) is 0 Å². The molecule has 2 aliphatic rings. The van der Waals surface area contributed by atoms with Crippen molar-refractivity contribution in [3.63, 3.8) is 0 Å². The molecule has 1 saturated heterocycles. The minimum absolute atomic E-state index is 0.702. The monoisotopic (exact) mass is 338 g/mol. The number of piperidine rings is 1. The van der Waals surface area contributed by atoms with Crippen LogP contribution < -0.4 is 10.6 Å². The molecule has 25 heavy (non-hydrogen) atoms. The first-order valence-electron chi connectivity index (χ1n) is 8.94. The van der Waals surface area contributed by atoms with Crippen molar-refractivity contribution in [2.75, 3.05) is 26.2 Å². The summed E-state index contributed by atoms with van der Waals surface area (Å²) in [6, 6.07) is 11.7. The minimum atomic E-state index is -0.702. The molecule has 4 heterocycles. The Hall–Kier alpha value is -2.08. The van der Waals surface area contributed by atoms with E-state index >= 15 is 0 Å². The second-order valence-electron chi connectivity index (χ2n) is 6.40. The first kappa shape index (κ1) is 17.7. The van der Waals surface area contributed by atoms with Gasteiger partial charge < -0.3 is 15.7 Å². The smallest absolute Gasteiger partial charge is 0.109 e. The first-order chi connectivity index (χ1) is 12.3. The summed E-state index contributed by atoms with van der Waals surface area (Å²) in [5.74, 6) is 0. The van der Waals surface area contributed by atoms with Gasteiger partial charge in [-0.2, -0.15) is 0 Å². The molecule has 132 valence electrons. The van der Waals surface area contributed by atoms with Crippen LogP contribution in [0.2, 0.25) is 0 Å². The number of aliphatic hydroxyl groups is 1. The van der Waals surface area contributed by atoms with Crippen LogP contribution in [0.4, 0.5) is 0 Å². The van der Waals surface area contributed by atoms with Crippen molar-refractivity contribution >= 4 is 5.57 Å². The van der Waals surface area contributed by atoms with E-state index in [2.05, 4.69) is 32.7 Å². The SMILES string of the molecule is C1=C(c2ccccn2)CCNC1.OC1(c2ccccn2)CCNCC1. The van der Waals surface area contributed by atoms with Crippen LogP contribution >= 0.6 is 0 Å². The Labute approximate surface area is 149 Å². The van der Waals surface area contributed by atoms with E-state index in [0.717, 1.165) is 56.8 Å². The zero-order chi connectivity index (χ0) is 17.4. The molecule has 0 amide bonds. The number of hydrogen-bond donors (Lipinski definition) is 3. The summed E-state index contributed by atoms with van der Waals surface area (Å²) in [5, 5.41) is 16.7. The van der Waals surface area contributed by atoms with E-state index < -0.39 is 5.60 Å². The lowest BCUT2D eigenvalue weighted by Crippen LogP contribution is -2.40. The fraction of sp³-hybridized carbons (Fsp3) is 0.400. The maximum absolute atomic E-state index is 10.2. The molecule has 2 aromatic heterocycles. The van der Waals surface area contributed by atoms with Gasteiger partial charge in [-0.05, 0) is 68.7 Å². The Morgan fingerprint density at radius 2 is 1.64 bits per heavy atom. The average Bonchev–Trinajstić information content (AvgIpc) is 2.71. The lowest BCUT2D eigenvalue weighted by Gasteiger charge is -2.31. The molecule has 0 unspecified atom stereocenters. The highest BCUT2D eigenvalue weighted by Gasteiger charge is 2.31. The third-order valence-electron chi connectivity index (χ3n) is 4.63. The normalized spacial score (nSPS) is 19.3. The molecule has 0 radical (unpaired) electrons. The second kappa shape index (κ2) is 8.85. The van der Waals surface area contributed by atoms with Gasteiger partial charge >= 0.3 is 0 Å². The predicted molar refractivity (Wildman–Crippen MR) is 99.9 cm³/mol. The van der Waals surface area contributed by atoms with E-state index in [9.17, 15) is 5.11 Å². The van der Waals surface area contributed by atoms with Gasteiger partial charge in [-0.15, -0.1) is 0 Å². The topological polar surface area (TPSA) is 70.1 Å². The molecule has 3 N–H and O–H groups in total. The molecule has 0 saturated carbocycles. The van der Waals surface area contributed by atoms with Crippen LogP contribution in [0.25, 0.3) is 5.57 Å². The maximum Gasteiger partial charge on any atom is 0.109 e. The van der Waals surface area contributed by atoms with Crippen LogP contribution in [-0.4, -0.2) is 41.3 Å². The number of aromatic nitrogens is 2. The van der Waals surface area contributed by atoms with Gasteiger partial charge in [0.1, 0.15) is 5.60 Å². The zero-order valence-corrected chi connectivity index (χ0v) is 14.5. The second-order valence-corrected chi connectivity index (χ2v) is 6.40. The Kier molecular flexibility index (Phi) is 6.28. The van der Waals surface area contributed by atoms with E-state index in [-0.39, 0.29) is 0 Å². The average molecular weight is 338 g/mol. The highest BCUT2D eigenvalue weighted by molar-refractivity contribution is 5.63. The van der Waals surface area contributed by atoms with Crippen molar-refractivity contribution in [2.45, 2.75) is 24.9 Å². The molecule has 0 aliphatic carbocycles. The standard InChI is InChI=1S/C10H14N2O.C10H12N2/c13-10(4-7-11-8-5-10)9-3-1-2-6-12-9;1-2-6-12-10(3-1)9-4-7-11-8-5-9/h1-3,6,11,13H,4-5,7-8H2;1-4,6,11H,5,7-8H2. The summed E-state index contributed by atoms with van der Waals surface area (Å²) in [5.41, 5.74) is 2.59. The lowest BCUT2D eigenvalue weighted by atomic mass is 9.89. The maximum atomic E-state index is 10.2. The van der Waals surface area contributed by atoms with Crippen LogP contribution in [0.5, 0.6) is 0 Å². The van der Waals surface area contributed by atoms with Crippen LogP contribution in [0.1, 0.15) is 30.7 Å². The van der Waals surface area contributed by atoms with Gasteiger partial charge in [-0.25, -0.2) is 0 Å². The molecule has 5 nitrogen and oxygen atoms in total. The Morgan fingerprint density at radius 3 is 2.24 bits per heavy atom. The summed E-state index contributed by atoms with van der Waals surface area (Å²) < 4.78 is 0. The Bertz CT molecular complexity index is 667. The van der Waals surface area contributed by atoms with E-state index in [1.165, 1.54) is 5.57 Å². The van der Waals surface area contributed by atoms with Crippen molar-refractivity contribution in [1.82, 2.24) is 20.6 Å². The van der Waals surface area contributed by atoms with Crippen LogP contribution in [0.15, 0.2) is 54.9 Å². The van der Waals surface area contributed by atoms with Gasteiger partial charge in [-0.1, -0.05) is 18.2 Å². The highest BCUT2D eigenvalue weighted by Crippen LogP contribution is 2.28. The molecule has 4 rings (SSSR count). The van der Waals surface area contributed by atoms with Gasteiger partial charge in [0.25, 0.3) is 0 Å². The van der Waals surface area contributed by atoms with Crippen molar-refractivity contribution in [2.24, 2.45) is 0 Å². The summed E-state index contributed by atoms with van der Waals surface area (Å²) in [7, 11) is 0. The summed E-state index contributed by atoms with van der Waals surface area (Å²) in [4.78, 5) is 8.50. The highest BCUT2D eigenvalue weighted by atomic mass is 16.3. The van der Waals surface area contributed by atoms with Gasteiger partial charge in [0.2, 0.25) is 0 Å². The molecule has 1 fully saturated rings. The van der Waals surface area contributed by atoms with E-state index in [1.807, 2.05) is 36.5 Å². The van der Waals surface area contributed by atoms with Gasteiger partial charge in [0.05, 0.1) is 11.4 Å². The van der Waals surface area contributed by atoms with Crippen LogP contribution in [0.3, 0.4) is 0 Å². The van der Waals surface area contributed by atoms with Crippen LogP contribution in [0, 0.1) is 0 Å². The van der Waals surface area contributed by atoms with Crippen molar-refractivity contribution in [1.29, 1.82) is 0 Å². The third-order valence-corrected chi connectivity index (χ3v) is 4.63. The van der Waals surface area contributed by atoms with E-state index in [1.54, 1.807) is 6.20 Å². The molecule has 0 spiro atoms.